The van der Waals surface area contributed by atoms with E-state index in [1.807, 2.05) is 18.2 Å². The number of nitrogens with zero attached hydrogens (tertiary/aromatic N) is 1. The van der Waals surface area contributed by atoms with Gasteiger partial charge in [0.2, 0.25) is 0 Å². The van der Waals surface area contributed by atoms with Crippen molar-refractivity contribution < 1.29 is 45.0 Å². The van der Waals surface area contributed by atoms with E-state index < -0.39 is 54.6 Å². The first-order valence-corrected chi connectivity index (χ1v) is 22.3. The molecular weight excluding hydrogens is 793 g/mol. The number of aromatic nitrogens is 1. The molecule has 0 radical (unpaired) electrons. The number of aliphatic carboxylic acids is 1. The minimum absolute atomic E-state index is 0.0168. The fourth-order valence-corrected chi connectivity index (χ4v) is 11.4. The first kappa shape index (κ1) is 45.4. The van der Waals surface area contributed by atoms with Crippen LogP contribution in [0.5, 0.6) is 0 Å². The van der Waals surface area contributed by atoms with Crippen molar-refractivity contribution in [2.75, 3.05) is 11.9 Å². The van der Waals surface area contributed by atoms with Crippen LogP contribution >= 0.6 is 0 Å². The molecule has 2 fully saturated rings. The Morgan fingerprint density at radius 2 is 1.79 bits per heavy atom. The van der Waals surface area contributed by atoms with Gasteiger partial charge in [-0.3, -0.25) is 0 Å². The fourth-order valence-electron chi connectivity index (χ4n) is 11.4. The van der Waals surface area contributed by atoms with Crippen LogP contribution in [0.2, 0.25) is 0 Å². The summed E-state index contributed by atoms with van der Waals surface area (Å²) in [5.41, 5.74) is 15.4. The molecule has 12 atom stereocenters. The van der Waals surface area contributed by atoms with Crippen molar-refractivity contribution in [3.8, 4) is 0 Å². The number of hydrogen-bond donors (Lipinski definition) is 11. The predicted molar refractivity (Wildman–Crippen MR) is 235 cm³/mol. The number of aliphatic hydroxyl groups excluding tert-OH is 3. The molecule has 0 amide bonds. The number of carboxylic acids is 1. The first-order valence-electron chi connectivity index (χ1n) is 22.3. The molecule has 15 heteroatoms. The summed E-state index contributed by atoms with van der Waals surface area (Å²) < 4.78 is 0. The molecule has 7 rings (SSSR count). The summed E-state index contributed by atoms with van der Waals surface area (Å²) in [5, 5.41) is 70.8. The van der Waals surface area contributed by atoms with Gasteiger partial charge >= 0.3 is 5.97 Å². The maximum atomic E-state index is 12.9. The smallest absolute Gasteiger partial charge is 0.328 e. The predicted octanol–water partition coefficient (Wildman–Crippen LogP) is 3.33. The van der Waals surface area contributed by atoms with Gasteiger partial charge in [0.15, 0.2) is 12.2 Å². The molecule has 0 spiro atoms. The Morgan fingerprint density at radius 3 is 2.50 bits per heavy atom. The number of carboxylic acid groups (broad SMARTS) is 1. The van der Waals surface area contributed by atoms with E-state index in [9.17, 15) is 45.0 Å². The molecule has 0 saturated heterocycles. The second kappa shape index (κ2) is 19.8. The lowest BCUT2D eigenvalue weighted by atomic mass is 9.56. The average Bonchev–Trinajstić information content (AvgIpc) is 3.77. The van der Waals surface area contributed by atoms with Crippen LogP contribution in [-0.2, 0) is 20.8 Å². The number of aliphatic hydroxyl groups is 5. The van der Waals surface area contributed by atoms with Crippen molar-refractivity contribution in [3.05, 3.63) is 77.0 Å². The Balaban J connectivity index is 1.25. The number of fused-ring (bicyclic) bond motifs is 6. The number of guanidine groups is 1. The molecule has 3 aromatic rings. The van der Waals surface area contributed by atoms with Crippen LogP contribution in [0.15, 0.2) is 65.3 Å². The highest BCUT2D eigenvalue weighted by Crippen LogP contribution is 2.56. The van der Waals surface area contributed by atoms with E-state index in [4.69, 9.17) is 16.5 Å². The third-order valence-electron chi connectivity index (χ3n) is 14.6. The first-order chi connectivity index (χ1) is 29.8. The van der Waals surface area contributed by atoms with Gasteiger partial charge in [0.05, 0.1) is 24.7 Å². The molecule has 13 N–H and O–H groups in total. The van der Waals surface area contributed by atoms with Gasteiger partial charge in [0.1, 0.15) is 30.1 Å². The summed E-state index contributed by atoms with van der Waals surface area (Å²) in [7, 11) is 0. The lowest BCUT2D eigenvalue weighted by molar-refractivity contribution is -0.149. The van der Waals surface area contributed by atoms with Gasteiger partial charge in [-0.05, 0) is 139 Å². The quantitative estimate of drug-likeness (QED) is 0.0443. The lowest BCUT2D eigenvalue weighted by Crippen LogP contribution is -2.67. The number of carbonyl (C=O) groups excluding carboxylic acids is 2. The number of rotatable bonds is 20. The van der Waals surface area contributed by atoms with E-state index in [2.05, 4.69) is 39.9 Å². The Kier molecular flexibility index (Phi) is 14.5. The Morgan fingerprint density at radius 1 is 1.00 bits per heavy atom. The van der Waals surface area contributed by atoms with Crippen molar-refractivity contribution in [1.29, 1.82) is 0 Å². The third-order valence-corrected chi connectivity index (χ3v) is 14.6. The van der Waals surface area contributed by atoms with Gasteiger partial charge in [-0.1, -0.05) is 36.8 Å². The van der Waals surface area contributed by atoms with E-state index >= 15 is 0 Å². The van der Waals surface area contributed by atoms with Gasteiger partial charge in [-0.15, -0.1) is 0 Å². The fraction of sp³-hybridized carbons (Fsp3) is 0.574. The number of hydrogen-bond acceptors (Lipinski definition) is 13. The minimum Gasteiger partial charge on any atom is -0.478 e. The molecule has 2 saturated carbocycles. The number of aromatic amines is 1. The molecule has 2 bridgehead atoms. The van der Waals surface area contributed by atoms with Crippen molar-refractivity contribution >= 4 is 41.1 Å². The van der Waals surface area contributed by atoms with Crippen LogP contribution in [0.4, 0.5) is 5.82 Å². The van der Waals surface area contributed by atoms with Crippen LogP contribution < -0.4 is 22.1 Å². The number of aliphatic imine (C=N–C) groups is 1. The van der Waals surface area contributed by atoms with E-state index in [1.165, 1.54) is 17.2 Å². The van der Waals surface area contributed by atoms with Gasteiger partial charge < -0.3 is 67.3 Å². The van der Waals surface area contributed by atoms with Crippen molar-refractivity contribution in [1.82, 2.24) is 10.3 Å². The average molecular weight is 857 g/mol. The molecule has 1 aromatic heterocycles. The largest absolute Gasteiger partial charge is 0.478 e. The van der Waals surface area contributed by atoms with Crippen LogP contribution in [0.3, 0.4) is 0 Å². The summed E-state index contributed by atoms with van der Waals surface area (Å²) >= 11 is 0. The number of nitrogens with two attached hydrogens (primary N) is 2. The zero-order valence-corrected chi connectivity index (χ0v) is 35.2. The standard InChI is InChI=1S/C47H64N6O9/c48-31(11-7-27(24-55)8-13-40(57)58)3-1-4-32-36-21-29(35-20-28-9-6-26(15-18-54)19-30(28)22-37(32)35)10-12-33(36)42(51-39-5-2-17-50-39)38(23-41(59)60)43-34-14-16-47(62,25-56)45(61)44(34)53-46(49)52-43/h2,5-6,9,17-20,22-24,27,29,31-34,36,40,42-45,50-51,56-58,61-62H,1,3-4,7-8,10-16,21,25,48H2,(H,59,60)(H3,49,52,53)/b38-23-/t27-,29+,31+,32+,33+,34+,36-,42+,43-,44-,45-,47-/m0/s1. The number of carbonyl (C=O) groups is 3. The number of aldehydes is 2. The van der Waals surface area contributed by atoms with Gasteiger partial charge in [-0.2, -0.15) is 0 Å². The van der Waals surface area contributed by atoms with Crippen LogP contribution in [-0.4, -0.2) is 109 Å². The molecule has 2 heterocycles. The van der Waals surface area contributed by atoms with Gasteiger partial charge in [0, 0.05) is 36.6 Å². The Bertz CT molecular complexity index is 2090. The van der Waals surface area contributed by atoms with E-state index in [0.717, 1.165) is 67.4 Å². The van der Waals surface area contributed by atoms with Crippen molar-refractivity contribution in [2.45, 2.75) is 137 Å². The topological polar surface area (TPSA) is 277 Å². The lowest BCUT2D eigenvalue weighted by Gasteiger charge is -2.52. The zero-order chi connectivity index (χ0) is 44.1. The second-order valence-corrected chi connectivity index (χ2v) is 18.4. The van der Waals surface area contributed by atoms with E-state index in [0.29, 0.717) is 43.5 Å². The molecule has 4 aliphatic rings. The summed E-state index contributed by atoms with van der Waals surface area (Å²) in [6.07, 6.45) is 9.36. The Hall–Kier alpha value is -4.64. The van der Waals surface area contributed by atoms with Crippen LogP contribution in [0.25, 0.3) is 10.8 Å². The number of anilines is 1. The molecule has 62 heavy (non-hydrogen) atoms. The number of nitrogens with one attached hydrogen (secondary N) is 3. The monoisotopic (exact) mass is 856 g/mol. The molecule has 15 nitrogen and oxygen atoms in total. The number of H-pyrrole nitrogens is 1. The molecule has 2 aromatic carbocycles. The van der Waals surface area contributed by atoms with E-state index in [1.54, 1.807) is 6.20 Å². The molecule has 0 unspecified atom stereocenters. The number of benzene rings is 2. The van der Waals surface area contributed by atoms with Gasteiger partial charge in [0.25, 0.3) is 0 Å². The minimum atomic E-state index is -1.75. The Labute approximate surface area is 362 Å². The zero-order valence-electron chi connectivity index (χ0n) is 35.2. The molecule has 1 aliphatic heterocycles. The molecule has 336 valence electrons. The van der Waals surface area contributed by atoms with Crippen LogP contribution in [0, 0.1) is 23.7 Å². The maximum Gasteiger partial charge on any atom is 0.328 e. The summed E-state index contributed by atoms with van der Waals surface area (Å²) in [4.78, 5) is 44.3. The summed E-state index contributed by atoms with van der Waals surface area (Å²) in [6, 6.07) is 12.3. The third kappa shape index (κ3) is 9.93. The normalized spacial score (nSPS) is 29.7. The van der Waals surface area contributed by atoms with Gasteiger partial charge in [-0.25, -0.2) is 9.79 Å². The highest BCUT2D eigenvalue weighted by atomic mass is 16.5. The van der Waals surface area contributed by atoms with Crippen LogP contribution in [0.1, 0.15) is 106 Å². The summed E-state index contributed by atoms with van der Waals surface area (Å²) in [5.74, 6) is -0.785. The maximum absolute atomic E-state index is 12.9. The van der Waals surface area contributed by atoms with Crippen molar-refractivity contribution in [3.63, 3.8) is 0 Å². The highest BCUT2D eigenvalue weighted by Gasteiger charge is 2.54. The SMILES string of the molecule is NC1=N[C@H](/C(=C\C(=O)O)[C@H](Nc2ccc[nH]2)[C@@H]2CC[C@@H]3C[C@H]2[C@@H](CCC[C@@H](N)CC[C@H](C=O)CCC(O)O)c2cc4cc(CC=O)ccc4cc23)[C@H]2CC[C@](O)(CO)[C@@H](O)[C@H]2N1. The molecular formula is C47H64N6O9. The van der Waals surface area contributed by atoms with Crippen molar-refractivity contribution in [2.24, 2.45) is 40.1 Å². The summed E-state index contributed by atoms with van der Waals surface area (Å²) in [6.45, 7) is -0.642. The molecule has 3 aliphatic carbocycles. The second-order valence-electron chi connectivity index (χ2n) is 18.4. The highest BCUT2D eigenvalue weighted by molar-refractivity contribution is 5.86. The van der Waals surface area contributed by atoms with E-state index in [-0.39, 0.29) is 54.4 Å².